The molecule has 2 aromatic rings. The highest BCUT2D eigenvalue weighted by Crippen LogP contribution is 2.20. The van der Waals surface area contributed by atoms with Gasteiger partial charge in [0.1, 0.15) is 0 Å². The van der Waals surface area contributed by atoms with Gasteiger partial charge in [0.2, 0.25) is 0 Å². The zero-order chi connectivity index (χ0) is 13.7. The van der Waals surface area contributed by atoms with Crippen LogP contribution >= 0.6 is 11.6 Å². The summed E-state index contributed by atoms with van der Waals surface area (Å²) in [6.07, 6.45) is 0. The lowest BCUT2D eigenvalue weighted by Gasteiger charge is -2.22. The molecule has 0 saturated heterocycles. The number of benzene rings is 2. The van der Waals surface area contributed by atoms with Crippen molar-refractivity contribution in [2.45, 2.75) is 19.0 Å². The van der Waals surface area contributed by atoms with Crippen LogP contribution in [0.2, 0.25) is 5.02 Å². The molecule has 0 aliphatic heterocycles. The molecule has 0 heterocycles. The van der Waals surface area contributed by atoms with Gasteiger partial charge >= 0.3 is 0 Å². The van der Waals surface area contributed by atoms with Gasteiger partial charge in [0.25, 0.3) is 0 Å². The minimum absolute atomic E-state index is 0.0631. The van der Waals surface area contributed by atoms with Gasteiger partial charge in [0.05, 0.1) is 12.6 Å². The van der Waals surface area contributed by atoms with Crippen LogP contribution in [-0.4, -0.2) is 11.7 Å². The fourth-order valence-corrected chi connectivity index (χ4v) is 2.22. The van der Waals surface area contributed by atoms with E-state index in [1.165, 1.54) is 0 Å². The monoisotopic (exact) mass is 275 g/mol. The van der Waals surface area contributed by atoms with Gasteiger partial charge in [-0.3, -0.25) is 0 Å². The first-order valence-corrected chi connectivity index (χ1v) is 6.76. The molecule has 0 fully saturated rings. The Bertz CT molecular complexity index is 498. The van der Waals surface area contributed by atoms with Crippen LogP contribution < -0.4 is 5.32 Å². The highest BCUT2D eigenvalue weighted by atomic mass is 35.5. The summed E-state index contributed by atoms with van der Waals surface area (Å²) in [5.41, 5.74) is 2.24. The molecular formula is C16H18ClNO. The topological polar surface area (TPSA) is 32.3 Å². The molecular weight excluding hydrogens is 258 g/mol. The average molecular weight is 276 g/mol. The van der Waals surface area contributed by atoms with Gasteiger partial charge < -0.3 is 10.4 Å². The molecule has 0 aliphatic carbocycles. The third kappa shape index (κ3) is 3.80. The average Bonchev–Trinajstić information content (AvgIpc) is 2.46. The van der Waals surface area contributed by atoms with E-state index < -0.39 is 0 Å². The van der Waals surface area contributed by atoms with Crippen LogP contribution in [0.4, 0.5) is 0 Å². The quantitative estimate of drug-likeness (QED) is 0.872. The van der Waals surface area contributed by atoms with Crippen molar-refractivity contribution in [1.82, 2.24) is 5.32 Å². The lowest BCUT2D eigenvalue weighted by Crippen LogP contribution is -2.27. The van der Waals surface area contributed by atoms with E-state index in [4.69, 9.17) is 11.6 Å². The molecule has 0 unspecified atom stereocenters. The summed E-state index contributed by atoms with van der Waals surface area (Å²) in [6.45, 7) is 2.15. The van der Waals surface area contributed by atoms with Gasteiger partial charge in [-0.25, -0.2) is 0 Å². The summed E-state index contributed by atoms with van der Waals surface area (Å²) in [6, 6.07) is 17.8. The molecule has 0 amide bonds. The van der Waals surface area contributed by atoms with Gasteiger partial charge in [-0.05, 0) is 30.2 Å². The predicted molar refractivity (Wildman–Crippen MR) is 79.3 cm³/mol. The van der Waals surface area contributed by atoms with Crippen LogP contribution in [0.3, 0.4) is 0 Å². The molecule has 2 rings (SSSR count). The molecule has 2 atom stereocenters. The molecule has 3 heteroatoms. The molecule has 0 aliphatic rings. The number of aliphatic hydroxyl groups is 1. The van der Waals surface area contributed by atoms with E-state index >= 15 is 0 Å². The predicted octanol–water partition coefficient (Wildman–Crippen LogP) is 3.72. The Morgan fingerprint density at radius 1 is 1.00 bits per heavy atom. The van der Waals surface area contributed by atoms with Crippen LogP contribution in [0.5, 0.6) is 0 Å². The summed E-state index contributed by atoms with van der Waals surface area (Å²) in [5, 5.41) is 13.7. The first kappa shape index (κ1) is 14.1. The molecule has 2 nitrogen and oxygen atoms in total. The molecule has 0 saturated carbocycles. The number of halogens is 1. The van der Waals surface area contributed by atoms with Crippen LogP contribution in [0.15, 0.2) is 54.6 Å². The summed E-state index contributed by atoms with van der Waals surface area (Å²) in [7, 11) is 0. The van der Waals surface area contributed by atoms with E-state index in [2.05, 4.69) is 12.2 Å². The Kier molecular flexibility index (Phi) is 4.97. The minimum atomic E-state index is -0.0631. The molecule has 0 radical (unpaired) electrons. The number of rotatable bonds is 5. The first-order chi connectivity index (χ1) is 9.20. The first-order valence-electron chi connectivity index (χ1n) is 6.38. The Morgan fingerprint density at radius 2 is 1.63 bits per heavy atom. The van der Waals surface area contributed by atoms with E-state index in [0.29, 0.717) is 0 Å². The number of hydrogen-bond acceptors (Lipinski definition) is 2. The summed E-state index contributed by atoms with van der Waals surface area (Å²) in [4.78, 5) is 0. The normalized spacial score (nSPS) is 14.1. The van der Waals surface area contributed by atoms with E-state index in [0.717, 1.165) is 16.1 Å². The fraction of sp³-hybridized carbons (Fsp3) is 0.250. The highest BCUT2D eigenvalue weighted by Gasteiger charge is 2.14. The Morgan fingerprint density at radius 3 is 2.21 bits per heavy atom. The lowest BCUT2D eigenvalue weighted by molar-refractivity contribution is 0.235. The van der Waals surface area contributed by atoms with Crippen molar-refractivity contribution >= 4 is 11.6 Å². The van der Waals surface area contributed by atoms with Gasteiger partial charge in [-0.2, -0.15) is 0 Å². The fourth-order valence-electron chi connectivity index (χ4n) is 2.09. The number of nitrogens with one attached hydrogen (secondary N) is 1. The van der Waals surface area contributed by atoms with Gasteiger partial charge in [-0.1, -0.05) is 54.1 Å². The second kappa shape index (κ2) is 6.71. The van der Waals surface area contributed by atoms with Gasteiger partial charge in [0.15, 0.2) is 0 Å². The highest BCUT2D eigenvalue weighted by molar-refractivity contribution is 6.30. The van der Waals surface area contributed by atoms with E-state index in [1.807, 2.05) is 54.6 Å². The molecule has 0 spiro atoms. The van der Waals surface area contributed by atoms with Crippen LogP contribution in [0, 0.1) is 0 Å². The van der Waals surface area contributed by atoms with Crippen molar-refractivity contribution in [3.8, 4) is 0 Å². The number of aliphatic hydroxyl groups excluding tert-OH is 1. The van der Waals surface area contributed by atoms with E-state index in [-0.39, 0.29) is 18.7 Å². The molecule has 0 bridgehead atoms. The smallest absolute Gasteiger partial charge is 0.0626 e. The zero-order valence-electron chi connectivity index (χ0n) is 10.9. The Labute approximate surface area is 119 Å². The van der Waals surface area contributed by atoms with Crippen molar-refractivity contribution in [2.24, 2.45) is 0 Å². The van der Waals surface area contributed by atoms with Gasteiger partial charge in [0, 0.05) is 11.1 Å². The molecule has 2 N–H and O–H groups in total. The Balaban J connectivity index is 2.08. The second-order valence-corrected chi connectivity index (χ2v) is 5.02. The number of hydrogen-bond donors (Lipinski definition) is 2. The van der Waals surface area contributed by atoms with Crippen molar-refractivity contribution in [3.63, 3.8) is 0 Å². The third-order valence-electron chi connectivity index (χ3n) is 3.21. The molecule has 2 aromatic carbocycles. The SMILES string of the molecule is C[C@@H](N[C@H](CO)c1ccccc1)c1ccc(Cl)cc1. The van der Waals surface area contributed by atoms with Crippen LogP contribution in [0.1, 0.15) is 30.1 Å². The maximum absolute atomic E-state index is 9.54. The zero-order valence-corrected chi connectivity index (χ0v) is 11.6. The maximum atomic E-state index is 9.54. The van der Waals surface area contributed by atoms with E-state index in [9.17, 15) is 5.11 Å². The maximum Gasteiger partial charge on any atom is 0.0626 e. The minimum Gasteiger partial charge on any atom is -0.394 e. The van der Waals surface area contributed by atoms with Crippen molar-refractivity contribution in [1.29, 1.82) is 0 Å². The summed E-state index contributed by atoms with van der Waals surface area (Å²) in [5.74, 6) is 0. The van der Waals surface area contributed by atoms with Crippen LogP contribution in [0.25, 0.3) is 0 Å². The second-order valence-electron chi connectivity index (χ2n) is 4.59. The Hall–Kier alpha value is -1.35. The van der Waals surface area contributed by atoms with E-state index in [1.54, 1.807) is 0 Å². The summed E-state index contributed by atoms with van der Waals surface area (Å²) < 4.78 is 0. The van der Waals surface area contributed by atoms with Crippen molar-refractivity contribution < 1.29 is 5.11 Å². The summed E-state index contributed by atoms with van der Waals surface area (Å²) >= 11 is 5.88. The van der Waals surface area contributed by atoms with Gasteiger partial charge in [-0.15, -0.1) is 0 Å². The van der Waals surface area contributed by atoms with Crippen molar-refractivity contribution in [2.75, 3.05) is 6.61 Å². The lowest BCUT2D eigenvalue weighted by atomic mass is 10.0. The largest absolute Gasteiger partial charge is 0.394 e. The molecule has 0 aromatic heterocycles. The third-order valence-corrected chi connectivity index (χ3v) is 3.46. The van der Waals surface area contributed by atoms with Crippen LogP contribution in [-0.2, 0) is 0 Å². The molecule has 19 heavy (non-hydrogen) atoms. The van der Waals surface area contributed by atoms with Crippen molar-refractivity contribution in [3.05, 3.63) is 70.7 Å². The standard InChI is InChI=1S/C16H18ClNO/c1-12(13-7-9-15(17)10-8-13)18-16(11-19)14-5-3-2-4-6-14/h2-10,12,16,18-19H,11H2,1H3/t12-,16-/m1/s1. The molecule has 100 valence electrons.